The second-order valence-electron chi connectivity index (χ2n) is 18.2. The average Bonchev–Trinajstić information content (AvgIpc) is 3.99. The molecular formula is C53H50N6O8Si. The minimum Gasteiger partial charge on any atom is -0.497 e. The van der Waals surface area contributed by atoms with Gasteiger partial charge in [-0.05, 0) is 77.7 Å². The van der Waals surface area contributed by atoms with Gasteiger partial charge in [0.05, 0.1) is 67.9 Å². The molecule has 14 nitrogen and oxygen atoms in total. The lowest BCUT2D eigenvalue weighted by Crippen LogP contribution is -2.51. The highest BCUT2D eigenvalue weighted by molar-refractivity contribution is 6.91. The number of ether oxygens (including phenoxy) is 3. The van der Waals surface area contributed by atoms with Gasteiger partial charge in [-0.3, -0.25) is 29.3 Å². The largest absolute Gasteiger partial charge is 0.497 e. The number of rotatable bonds is 13. The van der Waals surface area contributed by atoms with Crippen LogP contribution in [-0.4, -0.2) is 64.7 Å². The molecule has 1 unspecified atom stereocenters. The van der Waals surface area contributed by atoms with Crippen molar-refractivity contribution < 1.29 is 33.8 Å². The molecule has 10 rings (SSSR count). The van der Waals surface area contributed by atoms with E-state index in [2.05, 4.69) is 42.5 Å². The van der Waals surface area contributed by atoms with Crippen LogP contribution in [0.15, 0.2) is 152 Å². The number of amides is 2. The number of para-hydroxylation sites is 3. The van der Waals surface area contributed by atoms with Crippen LogP contribution in [0.25, 0.3) is 0 Å². The second-order valence-corrected chi connectivity index (χ2v) is 22.9. The molecule has 344 valence electrons. The number of nitrogens with zero attached hydrogens (tertiary/aromatic N) is 6. The normalized spacial score (nSPS) is 20.1. The Morgan fingerprint density at radius 1 is 0.868 bits per heavy atom. The van der Waals surface area contributed by atoms with Crippen molar-refractivity contribution in [3.8, 4) is 17.2 Å². The SMILES string of the molecule is COc1ccc([Si](C)(C)[C@@H]2[C@@H](CCn3cc(C(CO)c4ccccc4)nn3)O[C@]3(C(=O)N(Cc4ccc(N5C(=O)c6ccccc6Oc6ccccc65)cc4)c4ccc([N+](=O)[O-])cc43)[C@H]2C)cc1. The van der Waals surface area contributed by atoms with Gasteiger partial charge in [-0.25, -0.2) is 0 Å². The van der Waals surface area contributed by atoms with Crippen LogP contribution in [0.1, 0.15) is 52.0 Å². The fourth-order valence-electron chi connectivity index (χ4n) is 10.7. The lowest BCUT2D eigenvalue weighted by Gasteiger charge is -2.37. The van der Waals surface area contributed by atoms with Crippen LogP contribution in [0.5, 0.6) is 17.2 Å². The summed E-state index contributed by atoms with van der Waals surface area (Å²) in [6, 6.07) is 44.4. The molecule has 1 fully saturated rings. The molecular weight excluding hydrogens is 877 g/mol. The summed E-state index contributed by atoms with van der Waals surface area (Å²) < 4.78 is 20.8. The van der Waals surface area contributed by atoms with Crippen molar-refractivity contribution in [1.82, 2.24) is 15.0 Å². The van der Waals surface area contributed by atoms with E-state index in [1.54, 1.807) is 45.9 Å². The van der Waals surface area contributed by atoms with Crippen LogP contribution in [0, 0.1) is 16.0 Å². The fourth-order valence-corrected chi connectivity index (χ4v) is 14.8. The topological polar surface area (TPSA) is 162 Å². The lowest BCUT2D eigenvalue weighted by atomic mass is 9.82. The number of nitro benzene ring substituents is 1. The predicted molar refractivity (Wildman–Crippen MR) is 260 cm³/mol. The first-order chi connectivity index (χ1) is 32.9. The Bertz CT molecular complexity index is 3040. The van der Waals surface area contributed by atoms with E-state index in [-0.39, 0.29) is 42.1 Å². The van der Waals surface area contributed by atoms with Crippen molar-refractivity contribution in [1.29, 1.82) is 0 Å². The molecule has 7 aromatic rings. The van der Waals surface area contributed by atoms with Crippen LogP contribution >= 0.6 is 0 Å². The Kier molecular flexibility index (Phi) is 11.5. The summed E-state index contributed by atoms with van der Waals surface area (Å²) in [5, 5.41) is 32.9. The fraction of sp³-hybridized carbons (Fsp3) is 0.245. The Hall–Kier alpha value is -7.46. The summed E-state index contributed by atoms with van der Waals surface area (Å²) >= 11 is 0. The predicted octanol–water partition coefficient (Wildman–Crippen LogP) is 9.26. The maximum Gasteiger partial charge on any atom is 0.269 e. The number of nitro groups is 1. The van der Waals surface area contributed by atoms with Crippen molar-refractivity contribution in [3.63, 3.8) is 0 Å². The van der Waals surface area contributed by atoms with E-state index in [1.165, 1.54) is 12.1 Å². The lowest BCUT2D eigenvalue weighted by molar-refractivity contribution is -0.385. The number of anilines is 3. The second kappa shape index (κ2) is 17.6. The zero-order valence-electron chi connectivity index (χ0n) is 38.1. The first-order valence-corrected chi connectivity index (χ1v) is 25.8. The summed E-state index contributed by atoms with van der Waals surface area (Å²) in [6.07, 6.45) is 1.85. The zero-order valence-corrected chi connectivity index (χ0v) is 39.1. The molecule has 1 saturated heterocycles. The van der Waals surface area contributed by atoms with E-state index in [4.69, 9.17) is 14.2 Å². The molecule has 0 aliphatic carbocycles. The summed E-state index contributed by atoms with van der Waals surface area (Å²) in [4.78, 5) is 45.1. The van der Waals surface area contributed by atoms with Crippen molar-refractivity contribution in [2.24, 2.45) is 5.92 Å². The van der Waals surface area contributed by atoms with Gasteiger partial charge in [-0.2, -0.15) is 0 Å². The van der Waals surface area contributed by atoms with Gasteiger partial charge in [0.1, 0.15) is 11.5 Å². The number of non-ortho nitro benzene ring substituents is 1. The van der Waals surface area contributed by atoms with Crippen LogP contribution < -0.4 is 24.5 Å². The van der Waals surface area contributed by atoms with Gasteiger partial charge in [0.25, 0.3) is 17.5 Å². The third kappa shape index (κ3) is 7.52. The van der Waals surface area contributed by atoms with Gasteiger partial charge >= 0.3 is 0 Å². The maximum absolute atomic E-state index is 15.6. The van der Waals surface area contributed by atoms with E-state index >= 15 is 4.79 Å². The number of hydrogen-bond donors (Lipinski definition) is 1. The molecule has 0 bridgehead atoms. The van der Waals surface area contributed by atoms with Crippen molar-refractivity contribution in [2.45, 2.75) is 62.7 Å². The maximum atomic E-state index is 15.6. The van der Waals surface area contributed by atoms with Crippen molar-refractivity contribution in [3.05, 3.63) is 190 Å². The molecule has 6 aromatic carbocycles. The number of aromatic nitrogens is 3. The molecule has 1 N–H and O–H groups in total. The number of benzene rings is 6. The zero-order chi connectivity index (χ0) is 47.3. The summed E-state index contributed by atoms with van der Waals surface area (Å²) in [7, 11) is -0.935. The van der Waals surface area contributed by atoms with Gasteiger partial charge in [0, 0.05) is 42.0 Å². The van der Waals surface area contributed by atoms with Gasteiger partial charge < -0.3 is 24.2 Å². The Labute approximate surface area is 394 Å². The molecule has 68 heavy (non-hydrogen) atoms. The Morgan fingerprint density at radius 3 is 2.29 bits per heavy atom. The molecule has 1 aromatic heterocycles. The first kappa shape index (κ1) is 44.4. The molecule has 3 aliphatic heterocycles. The molecule has 0 saturated carbocycles. The highest BCUT2D eigenvalue weighted by Crippen LogP contribution is 2.60. The summed E-state index contributed by atoms with van der Waals surface area (Å²) in [5.41, 5.74) is 3.16. The van der Waals surface area contributed by atoms with E-state index in [9.17, 15) is 20.0 Å². The third-order valence-corrected chi connectivity index (χ3v) is 18.5. The summed E-state index contributed by atoms with van der Waals surface area (Å²) in [5.74, 6) is 0.440. The Morgan fingerprint density at radius 2 is 1.57 bits per heavy atom. The number of aliphatic hydroxyl groups is 1. The first-order valence-electron chi connectivity index (χ1n) is 22.7. The molecule has 15 heteroatoms. The highest BCUT2D eigenvalue weighted by Gasteiger charge is 2.66. The highest BCUT2D eigenvalue weighted by atomic mass is 28.3. The standard InChI is InChI=1S/C53H50N6O8Si/c1-34-50(68(3,4)40-25-23-39(65-2)24-26-40)49(28-29-56-32-44(54-55-56)42(33-60)36-12-6-5-7-13-36)67-53(34)43-30-38(59(63)64)22-27-45(43)57(52(53)62)31-35-18-20-37(21-19-35)58-46-15-9-11-17-48(46)66-47-16-10-8-14-41(47)51(58)61/h5-27,30,32,34,42,49-50,60H,28-29,31,33H2,1-4H3/t34-,42?,49+,50-,53+/m0/s1. The van der Waals surface area contributed by atoms with Crippen molar-refractivity contribution >= 4 is 47.8 Å². The minimum atomic E-state index is -2.57. The number of carbonyl (C=O) groups is 2. The molecule has 3 aliphatic rings. The molecule has 1 spiro atoms. The van der Waals surface area contributed by atoms with Gasteiger partial charge in [-0.15, -0.1) is 5.10 Å². The third-order valence-electron chi connectivity index (χ3n) is 14.2. The van der Waals surface area contributed by atoms with Gasteiger partial charge in [0.2, 0.25) is 0 Å². The van der Waals surface area contributed by atoms with Crippen LogP contribution in [0.3, 0.4) is 0 Å². The van der Waals surface area contributed by atoms with Gasteiger partial charge in [-0.1, -0.05) is 109 Å². The monoisotopic (exact) mass is 926 g/mol. The average molecular weight is 927 g/mol. The van der Waals surface area contributed by atoms with Crippen LogP contribution in [0.2, 0.25) is 18.6 Å². The molecule has 5 atom stereocenters. The number of aryl methyl sites for hydroxylation is 1. The quantitative estimate of drug-likeness (QED) is 0.0670. The van der Waals surface area contributed by atoms with Gasteiger partial charge in [0.15, 0.2) is 11.4 Å². The molecule has 4 heterocycles. The van der Waals surface area contributed by atoms with Crippen LogP contribution in [-0.2, 0) is 28.2 Å². The number of methoxy groups -OCH3 is 1. The number of hydrogen-bond acceptors (Lipinski definition) is 10. The molecule has 0 radical (unpaired) electrons. The minimum absolute atomic E-state index is 0.135. The number of aliphatic hydroxyl groups excluding tert-OH is 1. The summed E-state index contributed by atoms with van der Waals surface area (Å²) in [6.45, 7) is 7.04. The van der Waals surface area contributed by atoms with E-state index in [1.807, 2.05) is 103 Å². The van der Waals surface area contributed by atoms with Crippen molar-refractivity contribution in [2.75, 3.05) is 23.5 Å². The van der Waals surface area contributed by atoms with E-state index in [0.29, 0.717) is 58.3 Å². The Balaban J connectivity index is 0.997. The van der Waals surface area contributed by atoms with E-state index in [0.717, 1.165) is 22.1 Å². The van der Waals surface area contributed by atoms with E-state index < -0.39 is 30.6 Å². The van der Waals surface area contributed by atoms with Crippen LogP contribution in [0.4, 0.5) is 22.7 Å². The number of fused-ring (bicyclic) bond motifs is 4. The smallest absolute Gasteiger partial charge is 0.269 e. The number of carbonyl (C=O) groups excluding carboxylic acids is 2. The molecule has 2 amide bonds.